The Kier molecular flexibility index (Phi) is 3.84. The van der Waals surface area contributed by atoms with E-state index < -0.39 is 0 Å². The molecular weight excluding hydrogens is 226 g/mol. The summed E-state index contributed by atoms with van der Waals surface area (Å²) in [7, 11) is 1.81. The van der Waals surface area contributed by atoms with Gasteiger partial charge in [0, 0.05) is 19.8 Å². The second kappa shape index (κ2) is 5.38. The van der Waals surface area contributed by atoms with Crippen molar-refractivity contribution >= 4 is 11.7 Å². The maximum atomic E-state index is 12.0. The van der Waals surface area contributed by atoms with Gasteiger partial charge < -0.3 is 10.6 Å². The van der Waals surface area contributed by atoms with Crippen molar-refractivity contribution in [1.29, 1.82) is 0 Å². The lowest BCUT2D eigenvalue weighted by molar-refractivity contribution is 0.0850. The molecule has 1 aliphatic rings. The average molecular weight is 247 g/mol. The van der Waals surface area contributed by atoms with Gasteiger partial charge in [0.15, 0.2) is 0 Å². The Balaban J connectivity index is 1.90. The molecule has 0 spiro atoms. The summed E-state index contributed by atoms with van der Waals surface area (Å²) in [5, 5.41) is 5.96. The summed E-state index contributed by atoms with van der Waals surface area (Å²) in [6.07, 6.45) is 6.52. The molecule has 0 atom stereocenters. The molecule has 2 rings (SSSR count). The van der Waals surface area contributed by atoms with E-state index in [9.17, 15) is 4.79 Å². The first-order chi connectivity index (χ1) is 8.69. The van der Waals surface area contributed by atoms with Crippen molar-refractivity contribution in [1.82, 2.24) is 10.3 Å². The number of carbonyl (C=O) groups excluding carboxylic acids is 1. The molecule has 1 aromatic rings. The van der Waals surface area contributed by atoms with Crippen molar-refractivity contribution in [3.63, 3.8) is 0 Å². The standard InChI is InChI=1S/C14H21N3O/c1-3-14(7-4-8-14)10-17-13(18)11-5-6-12(15-2)16-9-11/h5-6,9H,3-4,7-8,10H2,1-2H3,(H,15,16)(H,17,18). The minimum absolute atomic E-state index is 0.0233. The second-order valence-electron chi connectivity index (χ2n) is 5.07. The van der Waals surface area contributed by atoms with Gasteiger partial charge in [-0.25, -0.2) is 4.98 Å². The van der Waals surface area contributed by atoms with E-state index in [1.807, 2.05) is 13.1 Å². The van der Waals surface area contributed by atoms with Crippen LogP contribution >= 0.6 is 0 Å². The molecule has 0 unspecified atom stereocenters. The van der Waals surface area contributed by atoms with Gasteiger partial charge in [0.25, 0.3) is 5.91 Å². The molecule has 4 heteroatoms. The first-order valence-corrected chi connectivity index (χ1v) is 6.61. The lowest BCUT2D eigenvalue weighted by atomic mass is 9.67. The summed E-state index contributed by atoms with van der Waals surface area (Å²) in [5.74, 6) is 0.750. The zero-order chi connectivity index (χ0) is 13.0. The van der Waals surface area contributed by atoms with Crippen LogP contribution in [0.3, 0.4) is 0 Å². The van der Waals surface area contributed by atoms with Crippen LogP contribution < -0.4 is 10.6 Å². The van der Waals surface area contributed by atoms with Gasteiger partial charge >= 0.3 is 0 Å². The van der Waals surface area contributed by atoms with Crippen LogP contribution in [0.25, 0.3) is 0 Å². The summed E-state index contributed by atoms with van der Waals surface area (Å²) in [6.45, 7) is 2.99. The topological polar surface area (TPSA) is 54.0 Å². The van der Waals surface area contributed by atoms with Crippen molar-refractivity contribution in [2.45, 2.75) is 32.6 Å². The van der Waals surface area contributed by atoms with Crippen LogP contribution in [0.15, 0.2) is 18.3 Å². The van der Waals surface area contributed by atoms with Crippen LogP contribution in [0.4, 0.5) is 5.82 Å². The molecule has 1 heterocycles. The number of rotatable bonds is 5. The van der Waals surface area contributed by atoms with Crippen LogP contribution in [0.2, 0.25) is 0 Å². The molecule has 0 bridgehead atoms. The zero-order valence-electron chi connectivity index (χ0n) is 11.1. The largest absolute Gasteiger partial charge is 0.373 e. The van der Waals surface area contributed by atoms with E-state index in [2.05, 4.69) is 22.5 Å². The Hall–Kier alpha value is -1.58. The zero-order valence-corrected chi connectivity index (χ0v) is 11.1. The van der Waals surface area contributed by atoms with E-state index in [0.29, 0.717) is 11.0 Å². The fourth-order valence-electron chi connectivity index (χ4n) is 2.38. The predicted molar refractivity (Wildman–Crippen MR) is 72.7 cm³/mol. The number of pyridine rings is 1. The molecule has 2 N–H and O–H groups in total. The van der Waals surface area contributed by atoms with Gasteiger partial charge in [-0.1, -0.05) is 13.3 Å². The van der Waals surface area contributed by atoms with Crippen molar-refractivity contribution in [2.75, 3.05) is 18.9 Å². The molecule has 0 saturated heterocycles. The van der Waals surface area contributed by atoms with Crippen LogP contribution in [-0.4, -0.2) is 24.5 Å². The minimum atomic E-state index is -0.0233. The van der Waals surface area contributed by atoms with Gasteiger partial charge in [0.05, 0.1) is 5.56 Å². The van der Waals surface area contributed by atoms with E-state index in [1.165, 1.54) is 19.3 Å². The predicted octanol–water partition coefficient (Wildman–Crippen LogP) is 2.43. The monoisotopic (exact) mass is 247 g/mol. The van der Waals surface area contributed by atoms with E-state index in [4.69, 9.17) is 0 Å². The quantitative estimate of drug-likeness (QED) is 0.840. The van der Waals surface area contributed by atoms with Crippen molar-refractivity contribution in [3.8, 4) is 0 Å². The summed E-state index contributed by atoms with van der Waals surface area (Å²) < 4.78 is 0. The lowest BCUT2D eigenvalue weighted by Gasteiger charge is -2.41. The number of anilines is 1. The number of hydrogen-bond donors (Lipinski definition) is 2. The Bertz CT molecular complexity index is 404. The third-order valence-corrected chi connectivity index (χ3v) is 4.07. The van der Waals surface area contributed by atoms with Gasteiger partial charge in [-0.2, -0.15) is 0 Å². The molecule has 0 aliphatic heterocycles. The number of nitrogens with zero attached hydrogens (tertiary/aromatic N) is 1. The number of carbonyl (C=O) groups is 1. The maximum absolute atomic E-state index is 12.0. The van der Waals surface area contributed by atoms with Crippen molar-refractivity contribution in [2.24, 2.45) is 5.41 Å². The van der Waals surface area contributed by atoms with Crippen LogP contribution in [0.1, 0.15) is 43.0 Å². The molecule has 1 aromatic heterocycles. The Morgan fingerprint density at radius 1 is 1.44 bits per heavy atom. The fourth-order valence-corrected chi connectivity index (χ4v) is 2.38. The highest BCUT2D eigenvalue weighted by atomic mass is 16.1. The summed E-state index contributed by atoms with van der Waals surface area (Å²) in [6, 6.07) is 3.61. The van der Waals surface area contributed by atoms with Crippen molar-refractivity contribution < 1.29 is 4.79 Å². The number of hydrogen-bond acceptors (Lipinski definition) is 3. The van der Waals surface area contributed by atoms with Gasteiger partial charge in [0.2, 0.25) is 0 Å². The van der Waals surface area contributed by atoms with Gasteiger partial charge in [-0.05, 0) is 36.8 Å². The summed E-state index contributed by atoms with van der Waals surface area (Å²) in [4.78, 5) is 16.1. The van der Waals surface area contributed by atoms with Gasteiger partial charge in [0.1, 0.15) is 5.82 Å². The number of aromatic nitrogens is 1. The minimum Gasteiger partial charge on any atom is -0.373 e. The molecule has 98 valence electrons. The smallest absolute Gasteiger partial charge is 0.252 e. The van der Waals surface area contributed by atoms with E-state index in [-0.39, 0.29) is 5.91 Å². The average Bonchev–Trinajstić information content (AvgIpc) is 2.38. The van der Waals surface area contributed by atoms with E-state index in [1.54, 1.807) is 12.3 Å². The molecule has 4 nitrogen and oxygen atoms in total. The molecule has 0 aromatic carbocycles. The van der Waals surface area contributed by atoms with Crippen LogP contribution in [-0.2, 0) is 0 Å². The molecule has 1 amide bonds. The Labute approximate surface area is 108 Å². The molecule has 18 heavy (non-hydrogen) atoms. The van der Waals surface area contributed by atoms with E-state index in [0.717, 1.165) is 18.8 Å². The van der Waals surface area contributed by atoms with Gasteiger partial charge in [-0.3, -0.25) is 4.79 Å². The Morgan fingerprint density at radius 3 is 2.67 bits per heavy atom. The van der Waals surface area contributed by atoms with Crippen molar-refractivity contribution in [3.05, 3.63) is 23.9 Å². The highest BCUT2D eigenvalue weighted by molar-refractivity contribution is 5.94. The van der Waals surface area contributed by atoms with Crippen LogP contribution in [0, 0.1) is 5.41 Å². The second-order valence-corrected chi connectivity index (χ2v) is 5.07. The third-order valence-electron chi connectivity index (χ3n) is 4.07. The number of amides is 1. The van der Waals surface area contributed by atoms with Crippen LogP contribution in [0.5, 0.6) is 0 Å². The molecule has 1 fully saturated rings. The fraction of sp³-hybridized carbons (Fsp3) is 0.571. The molecule has 1 aliphatic carbocycles. The molecular formula is C14H21N3O. The number of nitrogens with one attached hydrogen (secondary N) is 2. The first kappa shape index (κ1) is 12.9. The normalized spacial score (nSPS) is 16.8. The highest BCUT2D eigenvalue weighted by Crippen LogP contribution is 2.43. The first-order valence-electron chi connectivity index (χ1n) is 6.61. The summed E-state index contributed by atoms with van der Waals surface area (Å²) in [5.41, 5.74) is 0.980. The summed E-state index contributed by atoms with van der Waals surface area (Å²) >= 11 is 0. The highest BCUT2D eigenvalue weighted by Gasteiger charge is 2.35. The third kappa shape index (κ3) is 2.63. The SMILES string of the molecule is CCC1(CNC(=O)c2ccc(NC)nc2)CCC1. The Morgan fingerprint density at radius 2 is 2.22 bits per heavy atom. The maximum Gasteiger partial charge on any atom is 0.252 e. The van der Waals surface area contributed by atoms with E-state index >= 15 is 0 Å². The molecule has 0 radical (unpaired) electrons. The molecule has 1 saturated carbocycles. The lowest BCUT2D eigenvalue weighted by Crippen LogP contribution is -2.41. The van der Waals surface area contributed by atoms with Gasteiger partial charge in [-0.15, -0.1) is 0 Å².